The highest BCUT2D eigenvalue weighted by atomic mass is 16.5. The van der Waals surface area contributed by atoms with E-state index < -0.39 is 0 Å². The molecule has 0 atom stereocenters. The Labute approximate surface area is 126 Å². The Morgan fingerprint density at radius 1 is 0.950 bits per heavy atom. The maximum atomic E-state index is 5.00. The van der Waals surface area contributed by atoms with Crippen LogP contribution >= 0.6 is 0 Å². The van der Waals surface area contributed by atoms with E-state index in [9.17, 15) is 0 Å². The first-order chi connectivity index (χ1) is 9.54. The Bertz CT molecular complexity index is 230. The topological polar surface area (TPSA) is 33.3 Å². The fraction of sp³-hybridized carbons (Fsp3) is 1.00. The molecule has 0 aliphatic heterocycles. The Morgan fingerprint density at radius 3 is 2.20 bits per heavy atom. The van der Waals surface area contributed by atoms with Crippen LogP contribution in [0.15, 0.2) is 0 Å². The van der Waals surface area contributed by atoms with Gasteiger partial charge in [0.15, 0.2) is 0 Å². The molecule has 1 aliphatic rings. The van der Waals surface area contributed by atoms with E-state index in [0.29, 0.717) is 5.41 Å². The summed E-state index contributed by atoms with van der Waals surface area (Å²) >= 11 is 0. The van der Waals surface area contributed by atoms with E-state index in [1.807, 2.05) is 0 Å². The second-order valence-electron chi connectivity index (χ2n) is 7.38. The largest absolute Gasteiger partial charge is 0.383 e. The normalized spacial score (nSPS) is 24.0. The first kappa shape index (κ1) is 17.9. The van der Waals surface area contributed by atoms with Gasteiger partial charge in [-0.05, 0) is 69.0 Å². The highest BCUT2D eigenvalue weighted by molar-refractivity contribution is 4.81. The van der Waals surface area contributed by atoms with E-state index in [1.54, 1.807) is 7.11 Å². The molecule has 0 saturated heterocycles. The average molecular weight is 284 g/mol. The SMILES string of the molecule is COCCNCCCNCC1CCC(C(C)(C)C)CC1. The van der Waals surface area contributed by atoms with Crippen LogP contribution in [0.1, 0.15) is 52.9 Å². The van der Waals surface area contributed by atoms with Gasteiger partial charge in [0.05, 0.1) is 6.61 Å². The van der Waals surface area contributed by atoms with Crippen LogP contribution in [0.5, 0.6) is 0 Å². The average Bonchev–Trinajstić information content (AvgIpc) is 2.41. The monoisotopic (exact) mass is 284 g/mol. The van der Waals surface area contributed by atoms with E-state index >= 15 is 0 Å². The minimum atomic E-state index is 0.506. The molecule has 3 heteroatoms. The van der Waals surface area contributed by atoms with E-state index in [1.165, 1.54) is 38.6 Å². The fourth-order valence-corrected chi connectivity index (χ4v) is 3.18. The molecule has 0 unspecified atom stereocenters. The molecule has 0 bridgehead atoms. The zero-order valence-electron chi connectivity index (χ0n) is 14.1. The number of hydrogen-bond acceptors (Lipinski definition) is 3. The molecule has 0 aromatic heterocycles. The summed E-state index contributed by atoms with van der Waals surface area (Å²) in [6.45, 7) is 12.4. The molecule has 3 nitrogen and oxygen atoms in total. The first-order valence-corrected chi connectivity index (χ1v) is 8.44. The van der Waals surface area contributed by atoms with Gasteiger partial charge >= 0.3 is 0 Å². The van der Waals surface area contributed by atoms with Gasteiger partial charge in [0.2, 0.25) is 0 Å². The summed E-state index contributed by atoms with van der Waals surface area (Å²) in [5.74, 6) is 1.85. The van der Waals surface area contributed by atoms with E-state index in [4.69, 9.17) is 4.74 Å². The lowest BCUT2D eigenvalue weighted by atomic mass is 9.70. The molecule has 1 fully saturated rings. The first-order valence-electron chi connectivity index (χ1n) is 8.44. The maximum absolute atomic E-state index is 5.00. The highest BCUT2D eigenvalue weighted by Gasteiger charge is 2.29. The number of rotatable bonds is 9. The van der Waals surface area contributed by atoms with Crippen molar-refractivity contribution in [3.05, 3.63) is 0 Å². The third kappa shape index (κ3) is 7.61. The van der Waals surface area contributed by atoms with Crippen LogP contribution < -0.4 is 10.6 Å². The Kier molecular flexibility index (Phi) is 8.74. The van der Waals surface area contributed by atoms with E-state index in [-0.39, 0.29) is 0 Å². The summed E-state index contributed by atoms with van der Waals surface area (Å²) in [5, 5.41) is 7.01. The van der Waals surface area contributed by atoms with Gasteiger partial charge in [-0.2, -0.15) is 0 Å². The van der Waals surface area contributed by atoms with E-state index in [2.05, 4.69) is 31.4 Å². The van der Waals surface area contributed by atoms with Crippen molar-refractivity contribution in [1.82, 2.24) is 10.6 Å². The summed E-state index contributed by atoms with van der Waals surface area (Å²) in [7, 11) is 1.75. The van der Waals surface area contributed by atoms with Crippen LogP contribution in [0, 0.1) is 17.3 Å². The maximum Gasteiger partial charge on any atom is 0.0587 e. The lowest BCUT2D eigenvalue weighted by molar-refractivity contribution is 0.149. The zero-order chi connectivity index (χ0) is 14.8. The van der Waals surface area contributed by atoms with Crippen LogP contribution in [0.3, 0.4) is 0 Å². The minimum Gasteiger partial charge on any atom is -0.383 e. The van der Waals surface area contributed by atoms with Gasteiger partial charge in [-0.1, -0.05) is 20.8 Å². The standard InChI is InChI=1S/C17H36N2O/c1-17(2,3)16-8-6-15(7-9-16)14-19-11-5-10-18-12-13-20-4/h15-16,18-19H,5-14H2,1-4H3. The van der Waals surface area contributed by atoms with Gasteiger partial charge in [-0.15, -0.1) is 0 Å². The Morgan fingerprint density at radius 2 is 1.60 bits per heavy atom. The molecule has 0 amide bonds. The van der Waals surface area contributed by atoms with Crippen molar-refractivity contribution in [3.8, 4) is 0 Å². The summed E-state index contributed by atoms with van der Waals surface area (Å²) < 4.78 is 5.00. The number of methoxy groups -OCH3 is 1. The molecule has 1 rings (SSSR count). The van der Waals surface area contributed by atoms with Crippen molar-refractivity contribution in [2.45, 2.75) is 52.9 Å². The molecule has 0 spiro atoms. The van der Waals surface area contributed by atoms with Gasteiger partial charge in [-0.25, -0.2) is 0 Å². The number of ether oxygens (including phenoxy) is 1. The summed E-state index contributed by atoms with van der Waals surface area (Å²) in [6.07, 6.45) is 6.89. The second-order valence-corrected chi connectivity index (χ2v) is 7.38. The van der Waals surface area contributed by atoms with Crippen molar-refractivity contribution >= 4 is 0 Å². The molecule has 0 aromatic rings. The molecule has 0 aromatic carbocycles. The zero-order valence-corrected chi connectivity index (χ0v) is 14.1. The van der Waals surface area contributed by atoms with Crippen molar-refractivity contribution in [2.75, 3.05) is 39.9 Å². The summed E-state index contributed by atoms with van der Waals surface area (Å²) in [6, 6.07) is 0. The molecule has 0 radical (unpaired) electrons. The lowest BCUT2D eigenvalue weighted by Crippen LogP contribution is -2.32. The Hall–Kier alpha value is -0.120. The van der Waals surface area contributed by atoms with Crippen LogP contribution in [0.4, 0.5) is 0 Å². The van der Waals surface area contributed by atoms with Gasteiger partial charge in [0, 0.05) is 13.7 Å². The van der Waals surface area contributed by atoms with Gasteiger partial charge in [0.25, 0.3) is 0 Å². The fourth-order valence-electron chi connectivity index (χ4n) is 3.18. The molecular weight excluding hydrogens is 248 g/mol. The van der Waals surface area contributed by atoms with Crippen LogP contribution in [0.25, 0.3) is 0 Å². The van der Waals surface area contributed by atoms with Crippen molar-refractivity contribution in [3.63, 3.8) is 0 Å². The third-order valence-electron chi connectivity index (χ3n) is 4.69. The summed E-state index contributed by atoms with van der Waals surface area (Å²) in [5.41, 5.74) is 0.506. The van der Waals surface area contributed by atoms with Crippen LogP contribution in [-0.2, 0) is 4.74 Å². The highest BCUT2D eigenvalue weighted by Crippen LogP contribution is 2.39. The Balaban J connectivity index is 1.94. The third-order valence-corrected chi connectivity index (χ3v) is 4.69. The molecule has 20 heavy (non-hydrogen) atoms. The number of hydrogen-bond donors (Lipinski definition) is 2. The van der Waals surface area contributed by atoms with Crippen molar-refractivity contribution in [1.29, 1.82) is 0 Å². The molecule has 120 valence electrons. The van der Waals surface area contributed by atoms with Gasteiger partial charge in [-0.3, -0.25) is 0 Å². The van der Waals surface area contributed by atoms with Gasteiger partial charge in [0.1, 0.15) is 0 Å². The molecular formula is C17H36N2O. The number of nitrogens with one attached hydrogen (secondary N) is 2. The van der Waals surface area contributed by atoms with Crippen LogP contribution in [0.2, 0.25) is 0 Å². The quantitative estimate of drug-likeness (QED) is 0.639. The minimum absolute atomic E-state index is 0.506. The molecule has 2 N–H and O–H groups in total. The molecule has 1 saturated carbocycles. The van der Waals surface area contributed by atoms with Crippen molar-refractivity contribution < 1.29 is 4.74 Å². The molecule has 1 aliphatic carbocycles. The smallest absolute Gasteiger partial charge is 0.0587 e. The van der Waals surface area contributed by atoms with E-state index in [0.717, 1.165) is 38.1 Å². The predicted molar refractivity (Wildman–Crippen MR) is 87.1 cm³/mol. The van der Waals surface area contributed by atoms with Gasteiger partial charge < -0.3 is 15.4 Å². The van der Waals surface area contributed by atoms with Crippen LogP contribution in [-0.4, -0.2) is 39.9 Å². The van der Waals surface area contributed by atoms with Crippen molar-refractivity contribution in [2.24, 2.45) is 17.3 Å². The predicted octanol–water partition coefficient (Wildman–Crippen LogP) is 3.05. The molecule has 0 heterocycles. The summed E-state index contributed by atoms with van der Waals surface area (Å²) in [4.78, 5) is 0. The lowest BCUT2D eigenvalue weighted by Gasteiger charge is -2.37. The second kappa shape index (κ2) is 9.75.